The SMILES string of the molecule is BrP(CC1OCCO1)(c1ccccc1)(c1ccccc1)c1ccccc1.CCc1ccc(-c2ccc(-c3ccc(CCC4OCCO4)cc3F)cc2)cc1.CCc1ccc(-c2ccc(B(O)O)cc2)cc1.Fc1cc(CCC2OCCO2)ccc1I.Fc1cccc(/C=C/C2OCCO2)c1.Fc1cccc(CCC2OCCO2)c1.O=Cc1cccc(F)c1. The van der Waals surface area contributed by atoms with Crippen molar-refractivity contribution in [3.05, 3.63) is 375 Å². The van der Waals surface area contributed by atoms with Crippen molar-refractivity contribution in [2.24, 2.45) is 0 Å². The van der Waals surface area contributed by atoms with Crippen LogP contribution in [0.2, 0.25) is 0 Å². The molecule has 0 atom stereocenters. The molecule has 0 radical (unpaired) electrons. The van der Waals surface area contributed by atoms with Gasteiger partial charge in [0.15, 0.2) is 25.2 Å². The van der Waals surface area contributed by atoms with Gasteiger partial charge in [0.2, 0.25) is 0 Å². The molecule has 0 bridgehead atoms. The molecule has 13 nitrogen and oxygen atoms in total. The zero-order chi connectivity index (χ0) is 86.5. The van der Waals surface area contributed by atoms with Crippen LogP contribution in [-0.4, -0.2) is 127 Å². The van der Waals surface area contributed by atoms with Gasteiger partial charge in [-0.25, -0.2) is 22.0 Å². The van der Waals surface area contributed by atoms with Crippen LogP contribution in [-0.2, 0) is 79.5 Å². The van der Waals surface area contributed by atoms with E-state index in [1.165, 1.54) is 69.0 Å². The Balaban J connectivity index is 0.000000144. The summed E-state index contributed by atoms with van der Waals surface area (Å²) < 4.78 is 121. The van der Waals surface area contributed by atoms with Crippen molar-refractivity contribution < 1.29 is 84.2 Å². The molecule has 2 N–H and O–H groups in total. The molecule has 123 heavy (non-hydrogen) atoms. The number of aldehydes is 1. The molecule has 22 heteroatoms. The van der Waals surface area contributed by atoms with Crippen LogP contribution in [0.5, 0.6) is 0 Å². The molecule has 5 fully saturated rings. The number of hydrogen-bond donors (Lipinski definition) is 2. The van der Waals surface area contributed by atoms with E-state index in [9.17, 15) is 26.7 Å². The number of carbonyl (C=O) groups excluding carboxylic acids is 1. The number of halogens is 7. The molecular weight excluding hydrogens is 1760 g/mol. The number of ether oxygens (including phenoxy) is 10. The first-order valence-corrected chi connectivity index (χ1v) is 46.9. The molecule has 12 aromatic carbocycles. The van der Waals surface area contributed by atoms with Crippen LogP contribution in [0.15, 0.2) is 303 Å². The quantitative estimate of drug-likeness (QED) is 0.0206. The van der Waals surface area contributed by atoms with Gasteiger partial charge in [-0.3, -0.25) is 4.79 Å². The third-order valence-corrected chi connectivity index (χ3v) is 31.3. The van der Waals surface area contributed by atoms with Crippen molar-refractivity contribution in [1.29, 1.82) is 0 Å². The molecule has 12 aromatic rings. The van der Waals surface area contributed by atoms with Crippen molar-refractivity contribution in [3.8, 4) is 33.4 Å². The van der Waals surface area contributed by atoms with E-state index in [4.69, 9.17) is 57.4 Å². The molecule has 0 unspecified atom stereocenters. The maximum absolute atomic E-state index is 14.7. The van der Waals surface area contributed by atoms with Crippen LogP contribution in [0.4, 0.5) is 22.0 Å². The summed E-state index contributed by atoms with van der Waals surface area (Å²) in [4.78, 5) is 9.99. The Morgan fingerprint density at radius 3 is 1.11 bits per heavy atom. The molecule has 5 aliphatic rings. The summed E-state index contributed by atoms with van der Waals surface area (Å²) in [6.07, 6.45) is 10.8. The zero-order valence-corrected chi connectivity index (χ0v) is 73.5. The normalized spacial score (nSPS) is 15.1. The summed E-state index contributed by atoms with van der Waals surface area (Å²) in [6.45, 7) is 10.8. The van der Waals surface area contributed by atoms with Crippen molar-refractivity contribution in [1.82, 2.24) is 0 Å². The average Bonchev–Trinajstić information content (AvgIpc) is 1.16. The molecule has 0 spiro atoms. The Hall–Kier alpha value is -9.08. The van der Waals surface area contributed by atoms with E-state index < -0.39 is 12.4 Å². The maximum atomic E-state index is 14.7. The van der Waals surface area contributed by atoms with Crippen LogP contribution in [0.25, 0.3) is 39.5 Å². The number of rotatable bonds is 23. The van der Waals surface area contributed by atoms with Gasteiger partial charge in [0, 0.05) is 34.0 Å². The van der Waals surface area contributed by atoms with Crippen LogP contribution < -0.4 is 21.4 Å². The summed E-state index contributed by atoms with van der Waals surface area (Å²) in [5.41, 5.74) is 13.3. The van der Waals surface area contributed by atoms with Crippen molar-refractivity contribution in [3.63, 3.8) is 0 Å². The predicted molar refractivity (Wildman–Crippen MR) is 493 cm³/mol. The second-order valence-electron chi connectivity index (χ2n) is 29.2. The van der Waals surface area contributed by atoms with Crippen LogP contribution in [0.3, 0.4) is 0 Å². The van der Waals surface area contributed by atoms with E-state index in [0.29, 0.717) is 92.5 Å². The van der Waals surface area contributed by atoms with E-state index in [1.807, 2.05) is 77.2 Å². The maximum Gasteiger partial charge on any atom is 0.488 e. The standard InChI is InChI=1S/C25H25FO2.C22H22BrO2P.C14H15BO2.C11H12FIO2.C11H13FO2.C11H11FO2.C7H5FO/c1-2-18-3-7-20(8-4-18)21-9-11-22(12-10-21)23-13-5-19(17-24(23)26)6-14-25-27-15-16-28-25;23-26(18-22-24-16-17-25-22,19-10-4-1-5-11-19,20-12-6-2-7-13-20)21-14-8-3-9-15-21;1-2-11-3-5-12(6-4-11)13-7-9-14(10-8-13)15(16)17;12-9-7-8(1-3-10(9)13)2-4-11-14-5-6-15-11;2*12-10-3-1-2-9(8-10)4-5-11-13-6-7-14-11;8-7-3-1-2-6(4-7)5-9/h3-5,7-13,17,25H,2,6,14-16H2,1H3;1-15,22H,16-18H2;3-10,16-17H,2H2,1H3;1,3,7,11H,2,4-6H2;1-3,8,11H,4-7H2;1-5,8,11H,6-7H2;1-5H/b;;;;;5-4+;. The monoisotopic (exact) mass is 1870 g/mol. The van der Waals surface area contributed by atoms with Gasteiger partial charge < -0.3 is 47.9 Å². The van der Waals surface area contributed by atoms with E-state index in [-0.39, 0.29) is 60.5 Å². The second kappa shape index (κ2) is 49.6. The Labute approximate surface area is 740 Å². The predicted octanol–water partition coefficient (Wildman–Crippen LogP) is 20.5. The fourth-order valence-electron chi connectivity index (χ4n) is 14.1. The summed E-state index contributed by atoms with van der Waals surface area (Å²) in [5.74, 6) is -1.14. The van der Waals surface area contributed by atoms with Gasteiger partial charge in [0.1, 0.15) is 35.4 Å². The number of carbonyl (C=O) groups is 1. The number of hydrogen-bond acceptors (Lipinski definition) is 13. The number of benzene rings is 12. The fraction of sp³-hybridized carbons (Fsp3) is 0.257. The van der Waals surface area contributed by atoms with E-state index >= 15 is 0 Å². The van der Waals surface area contributed by atoms with Gasteiger partial charge in [0.05, 0.1) is 52.9 Å². The zero-order valence-electron chi connectivity index (χ0n) is 68.9. The smallest absolute Gasteiger partial charge is 0.423 e. The summed E-state index contributed by atoms with van der Waals surface area (Å²) in [5, 5.41) is 18.9. The van der Waals surface area contributed by atoms with Crippen molar-refractivity contribution >= 4 is 84.2 Å². The molecule has 5 saturated heterocycles. The third kappa shape index (κ3) is 29.3. The third-order valence-electron chi connectivity index (χ3n) is 20.8. The van der Waals surface area contributed by atoms with Crippen LogP contribution in [0.1, 0.15) is 76.8 Å². The molecule has 0 aromatic heterocycles. The van der Waals surface area contributed by atoms with Crippen molar-refractivity contribution in [2.45, 2.75) is 96.7 Å². The molecule has 642 valence electrons. The first-order chi connectivity index (χ1) is 59.9. The summed E-state index contributed by atoms with van der Waals surface area (Å²) in [6, 6.07) is 93.9. The molecule has 5 aliphatic heterocycles. The van der Waals surface area contributed by atoms with E-state index in [2.05, 4.69) is 181 Å². The summed E-state index contributed by atoms with van der Waals surface area (Å²) >= 11 is 6.38. The van der Waals surface area contributed by atoms with E-state index in [1.54, 1.807) is 66.7 Å². The minimum Gasteiger partial charge on any atom is -0.423 e. The van der Waals surface area contributed by atoms with Gasteiger partial charge in [-0.15, -0.1) is 0 Å². The molecular formula is C101H103BBrF5IO13P. The Kier molecular flexibility index (Phi) is 38.1. The van der Waals surface area contributed by atoms with Crippen LogP contribution in [0, 0.1) is 32.7 Å². The minimum atomic E-state index is -2.94. The first-order valence-electron chi connectivity index (χ1n) is 41.3. The second-order valence-corrected chi connectivity index (χ2v) is 39.4. The van der Waals surface area contributed by atoms with Crippen molar-refractivity contribution in [2.75, 3.05) is 72.2 Å². The van der Waals surface area contributed by atoms with Gasteiger partial charge >= 0.3 is 170 Å². The minimum absolute atomic E-state index is 0.0988. The molecule has 0 amide bonds. The Bertz CT molecular complexity index is 5060. The molecule has 5 heterocycles. The summed E-state index contributed by atoms with van der Waals surface area (Å²) in [7, 11) is -1.40. The number of aryl methyl sites for hydroxylation is 5. The molecule has 0 saturated carbocycles. The van der Waals surface area contributed by atoms with E-state index in [0.717, 1.165) is 102 Å². The largest absolute Gasteiger partial charge is 0.488 e. The van der Waals surface area contributed by atoms with Gasteiger partial charge in [-0.1, -0.05) is 172 Å². The Morgan fingerprint density at radius 2 is 0.724 bits per heavy atom. The first kappa shape index (κ1) is 94.6. The molecule has 17 rings (SSSR count). The fourth-order valence-corrected chi connectivity index (χ4v) is 22.0. The van der Waals surface area contributed by atoms with Gasteiger partial charge in [-0.2, -0.15) is 0 Å². The van der Waals surface area contributed by atoms with Gasteiger partial charge in [0.25, 0.3) is 0 Å². The molecule has 0 aliphatic carbocycles. The average molecular weight is 1870 g/mol. The van der Waals surface area contributed by atoms with Gasteiger partial charge in [-0.05, 0) is 182 Å². The Morgan fingerprint density at radius 1 is 0.374 bits per heavy atom. The van der Waals surface area contributed by atoms with Crippen LogP contribution >= 0.6 is 43.4 Å². The topological polar surface area (TPSA) is 150 Å².